The topological polar surface area (TPSA) is 104 Å². The average molecular weight is 440 g/mol. The number of carbonyl (C=O) groups excluding carboxylic acids is 2. The van der Waals surface area contributed by atoms with E-state index in [0.29, 0.717) is 42.9 Å². The smallest absolute Gasteiger partial charge is 0.292 e. The van der Waals surface area contributed by atoms with Crippen molar-refractivity contribution < 1.29 is 22.5 Å². The molecule has 0 saturated carbocycles. The van der Waals surface area contributed by atoms with Crippen molar-refractivity contribution >= 4 is 38.3 Å². The fourth-order valence-corrected chi connectivity index (χ4v) is 5.79. The van der Waals surface area contributed by atoms with Crippen LogP contribution in [-0.4, -0.2) is 67.9 Å². The third-order valence-electron chi connectivity index (χ3n) is 5.72. The highest BCUT2D eigenvalue weighted by Crippen LogP contribution is 2.41. The van der Waals surface area contributed by atoms with Gasteiger partial charge in [-0.05, 0) is 24.4 Å². The van der Waals surface area contributed by atoms with Crippen molar-refractivity contribution in [3.05, 3.63) is 53.9 Å². The highest BCUT2D eigenvalue weighted by atomic mass is 32.2. The standard InChI is InChI=1S/C21H20N4O5S/c1-14-12-17(30-22-14)21(27)24-10-8-23(9-11-24)19(26)13-25-16-6-2-4-15-5-3-7-18(20(15)16)31(25,28)29/h2-7,12H,8-11,13H2,1H3. The lowest BCUT2D eigenvalue weighted by molar-refractivity contribution is -0.131. The minimum atomic E-state index is -3.79. The second-order valence-corrected chi connectivity index (χ2v) is 9.48. The summed E-state index contributed by atoms with van der Waals surface area (Å²) in [6, 6.07) is 12.1. The zero-order valence-electron chi connectivity index (χ0n) is 16.8. The molecule has 1 aromatic heterocycles. The van der Waals surface area contributed by atoms with Gasteiger partial charge in [0, 0.05) is 37.6 Å². The SMILES string of the molecule is Cc1cc(C(=O)N2CCN(C(=O)CN3c4cccc5cccc(c45)S3(=O)=O)CC2)on1. The molecule has 1 saturated heterocycles. The molecule has 0 aliphatic carbocycles. The van der Waals surface area contributed by atoms with Crippen LogP contribution in [0, 0.1) is 6.92 Å². The molecule has 2 aliphatic rings. The predicted octanol–water partition coefficient (Wildman–Crippen LogP) is 1.63. The molecule has 2 aromatic carbocycles. The monoisotopic (exact) mass is 440 g/mol. The third kappa shape index (κ3) is 3.14. The number of benzene rings is 2. The van der Waals surface area contributed by atoms with Crippen molar-refractivity contribution in [1.29, 1.82) is 0 Å². The zero-order valence-corrected chi connectivity index (χ0v) is 17.6. The molecule has 9 nitrogen and oxygen atoms in total. The first kappa shape index (κ1) is 19.6. The molecule has 10 heteroatoms. The molecule has 0 unspecified atom stereocenters. The molecule has 0 spiro atoms. The van der Waals surface area contributed by atoms with E-state index in [4.69, 9.17) is 4.52 Å². The Kier molecular flexibility index (Phi) is 4.47. The molecule has 3 aromatic rings. The number of nitrogens with zero attached hydrogens (tertiary/aromatic N) is 4. The number of anilines is 1. The summed E-state index contributed by atoms with van der Waals surface area (Å²) in [5.41, 5.74) is 1.15. The van der Waals surface area contributed by atoms with Crippen LogP contribution in [0.2, 0.25) is 0 Å². The Morgan fingerprint density at radius 1 is 1.03 bits per heavy atom. The number of amides is 2. The van der Waals surface area contributed by atoms with Crippen LogP contribution >= 0.6 is 0 Å². The molecule has 0 bridgehead atoms. The van der Waals surface area contributed by atoms with Crippen LogP contribution in [0.1, 0.15) is 16.2 Å². The molecule has 31 heavy (non-hydrogen) atoms. The van der Waals surface area contributed by atoms with Gasteiger partial charge in [0.1, 0.15) is 6.54 Å². The van der Waals surface area contributed by atoms with E-state index in [9.17, 15) is 18.0 Å². The van der Waals surface area contributed by atoms with E-state index in [2.05, 4.69) is 5.16 Å². The minimum absolute atomic E-state index is 0.172. The first-order valence-electron chi connectivity index (χ1n) is 9.91. The number of hydrogen-bond donors (Lipinski definition) is 0. The summed E-state index contributed by atoms with van der Waals surface area (Å²) in [7, 11) is -3.79. The van der Waals surface area contributed by atoms with E-state index in [1.54, 1.807) is 47.1 Å². The van der Waals surface area contributed by atoms with Crippen LogP contribution in [-0.2, 0) is 14.8 Å². The van der Waals surface area contributed by atoms with Gasteiger partial charge in [-0.1, -0.05) is 29.4 Å². The first-order valence-corrected chi connectivity index (χ1v) is 11.3. The molecular formula is C21H20N4O5S. The van der Waals surface area contributed by atoms with Crippen LogP contribution in [0.5, 0.6) is 0 Å². The predicted molar refractivity (Wildman–Crippen MR) is 112 cm³/mol. The summed E-state index contributed by atoms with van der Waals surface area (Å²) in [6.45, 7) is 2.79. The number of hydrogen-bond acceptors (Lipinski definition) is 6. The summed E-state index contributed by atoms with van der Waals surface area (Å²) >= 11 is 0. The van der Waals surface area contributed by atoms with Gasteiger partial charge in [-0.15, -0.1) is 0 Å². The highest BCUT2D eigenvalue weighted by molar-refractivity contribution is 7.93. The van der Waals surface area contributed by atoms with Crippen LogP contribution < -0.4 is 4.31 Å². The van der Waals surface area contributed by atoms with Gasteiger partial charge in [0.2, 0.25) is 11.7 Å². The molecule has 2 aliphatic heterocycles. The molecule has 5 rings (SSSR count). The maximum absolute atomic E-state index is 13.1. The minimum Gasteiger partial charge on any atom is -0.351 e. The fourth-order valence-electron chi connectivity index (χ4n) is 4.13. The summed E-state index contributed by atoms with van der Waals surface area (Å²) in [6.07, 6.45) is 0. The van der Waals surface area contributed by atoms with Crippen LogP contribution in [0.4, 0.5) is 5.69 Å². The van der Waals surface area contributed by atoms with Gasteiger partial charge in [-0.3, -0.25) is 13.9 Å². The zero-order chi connectivity index (χ0) is 21.8. The van der Waals surface area contributed by atoms with E-state index in [1.807, 2.05) is 12.1 Å². The third-order valence-corrected chi connectivity index (χ3v) is 7.52. The molecule has 0 atom stereocenters. The molecular weight excluding hydrogens is 420 g/mol. The molecule has 0 N–H and O–H groups in total. The van der Waals surface area contributed by atoms with Crippen molar-refractivity contribution in [3.63, 3.8) is 0 Å². The fraction of sp³-hybridized carbons (Fsp3) is 0.286. The normalized spacial score (nSPS) is 17.4. The van der Waals surface area contributed by atoms with Gasteiger partial charge in [-0.2, -0.15) is 0 Å². The van der Waals surface area contributed by atoms with Gasteiger partial charge >= 0.3 is 0 Å². The molecule has 0 radical (unpaired) electrons. The largest absolute Gasteiger partial charge is 0.351 e. The first-order chi connectivity index (χ1) is 14.9. The Labute approximate surface area is 178 Å². The average Bonchev–Trinajstić information content (AvgIpc) is 3.30. The lowest BCUT2D eigenvalue weighted by Crippen LogP contribution is -2.52. The number of sulfonamides is 1. The number of rotatable bonds is 3. The molecule has 160 valence electrons. The maximum atomic E-state index is 13.1. The second kappa shape index (κ2) is 7.09. The maximum Gasteiger partial charge on any atom is 0.292 e. The second-order valence-electron chi connectivity index (χ2n) is 7.65. The Hall–Kier alpha value is -3.40. The van der Waals surface area contributed by atoms with Gasteiger partial charge in [0.05, 0.1) is 16.3 Å². The lowest BCUT2D eigenvalue weighted by atomic mass is 10.1. The van der Waals surface area contributed by atoms with E-state index < -0.39 is 10.0 Å². The van der Waals surface area contributed by atoms with Crippen molar-refractivity contribution in [1.82, 2.24) is 15.0 Å². The van der Waals surface area contributed by atoms with Crippen molar-refractivity contribution in [2.45, 2.75) is 11.8 Å². The summed E-state index contributed by atoms with van der Waals surface area (Å²) in [5.74, 6) is -0.390. The lowest BCUT2D eigenvalue weighted by Gasteiger charge is -2.35. The molecule has 1 fully saturated rings. The van der Waals surface area contributed by atoms with Crippen molar-refractivity contribution in [2.75, 3.05) is 37.0 Å². The number of carbonyl (C=O) groups is 2. The Morgan fingerprint density at radius 2 is 1.71 bits per heavy atom. The van der Waals surface area contributed by atoms with Crippen LogP contribution in [0.3, 0.4) is 0 Å². The summed E-state index contributed by atoms with van der Waals surface area (Å²) in [4.78, 5) is 28.9. The van der Waals surface area contributed by atoms with Gasteiger partial charge < -0.3 is 14.3 Å². The highest BCUT2D eigenvalue weighted by Gasteiger charge is 2.38. The van der Waals surface area contributed by atoms with Crippen LogP contribution in [0.25, 0.3) is 10.8 Å². The van der Waals surface area contributed by atoms with Gasteiger partial charge in [0.25, 0.3) is 15.9 Å². The van der Waals surface area contributed by atoms with Crippen LogP contribution in [0.15, 0.2) is 51.9 Å². The molecule has 3 heterocycles. The van der Waals surface area contributed by atoms with E-state index in [-0.39, 0.29) is 29.0 Å². The summed E-state index contributed by atoms with van der Waals surface area (Å²) < 4.78 is 32.3. The Balaban J connectivity index is 1.30. The van der Waals surface area contributed by atoms with Crippen molar-refractivity contribution in [2.24, 2.45) is 0 Å². The van der Waals surface area contributed by atoms with Gasteiger partial charge in [0.15, 0.2) is 0 Å². The Morgan fingerprint density at radius 3 is 2.39 bits per heavy atom. The molecule has 2 amide bonds. The van der Waals surface area contributed by atoms with Crippen molar-refractivity contribution in [3.8, 4) is 0 Å². The number of aromatic nitrogens is 1. The Bertz CT molecular complexity index is 1300. The summed E-state index contributed by atoms with van der Waals surface area (Å²) in [5, 5.41) is 5.20. The number of piperazine rings is 1. The quantitative estimate of drug-likeness (QED) is 0.613. The van der Waals surface area contributed by atoms with E-state index >= 15 is 0 Å². The van der Waals surface area contributed by atoms with Gasteiger partial charge in [-0.25, -0.2) is 8.42 Å². The number of aryl methyl sites for hydroxylation is 1. The van der Waals surface area contributed by atoms with E-state index in [0.717, 1.165) is 5.39 Å². The van der Waals surface area contributed by atoms with E-state index in [1.165, 1.54) is 4.31 Å².